The predicted molar refractivity (Wildman–Crippen MR) is 82.6 cm³/mol. The highest BCUT2D eigenvalue weighted by Crippen LogP contribution is 2.23. The molecule has 21 heavy (non-hydrogen) atoms. The van der Waals surface area contributed by atoms with Crippen LogP contribution in [0.25, 0.3) is 11.3 Å². The summed E-state index contributed by atoms with van der Waals surface area (Å²) in [6, 6.07) is 1.88. The summed E-state index contributed by atoms with van der Waals surface area (Å²) in [5, 5.41) is 3.03. The Balaban J connectivity index is 1.78. The summed E-state index contributed by atoms with van der Waals surface area (Å²) in [7, 11) is 0. The molecule has 6 heteroatoms. The van der Waals surface area contributed by atoms with Crippen molar-refractivity contribution in [3.63, 3.8) is 0 Å². The fourth-order valence-corrected chi connectivity index (χ4v) is 3.30. The van der Waals surface area contributed by atoms with Crippen molar-refractivity contribution < 1.29 is 9.53 Å². The zero-order chi connectivity index (χ0) is 15.0. The van der Waals surface area contributed by atoms with Gasteiger partial charge in [0.1, 0.15) is 5.69 Å². The first-order valence-corrected chi connectivity index (χ1v) is 7.96. The number of carbonyl (C=O) groups excluding carboxylic acids is 1. The van der Waals surface area contributed by atoms with Crippen molar-refractivity contribution in [1.29, 1.82) is 0 Å². The van der Waals surface area contributed by atoms with Crippen LogP contribution < -0.4 is 0 Å². The van der Waals surface area contributed by atoms with Crippen molar-refractivity contribution in [2.75, 3.05) is 13.1 Å². The Labute approximate surface area is 128 Å². The number of aryl methyl sites for hydroxylation is 1. The van der Waals surface area contributed by atoms with E-state index < -0.39 is 0 Å². The van der Waals surface area contributed by atoms with Crippen molar-refractivity contribution in [1.82, 2.24) is 14.9 Å². The number of hydrogen-bond acceptors (Lipinski definition) is 4. The molecule has 0 aliphatic carbocycles. The fraction of sp³-hybridized carbons (Fsp3) is 0.467. The average Bonchev–Trinajstić information content (AvgIpc) is 3.05. The molecule has 0 unspecified atom stereocenters. The first kappa shape index (κ1) is 14.3. The number of ether oxygens (including phenoxy) is 1. The summed E-state index contributed by atoms with van der Waals surface area (Å²) in [6.07, 6.45) is 2.00. The third-order valence-electron chi connectivity index (χ3n) is 3.54. The Hall–Kier alpha value is -1.66. The molecule has 3 rings (SSSR count). The van der Waals surface area contributed by atoms with Crippen molar-refractivity contribution in [3.05, 3.63) is 28.3 Å². The number of nitrogens with zero attached hydrogens (tertiary/aromatic N) is 2. The highest BCUT2D eigenvalue weighted by atomic mass is 32.1. The Morgan fingerprint density at radius 3 is 2.76 bits per heavy atom. The average molecular weight is 305 g/mol. The minimum absolute atomic E-state index is 0.0233. The quantitative estimate of drug-likeness (QED) is 0.928. The molecule has 2 aromatic heterocycles. The van der Waals surface area contributed by atoms with Crippen LogP contribution in [-0.4, -0.2) is 46.1 Å². The predicted octanol–water partition coefficient (Wildman–Crippen LogP) is 2.70. The van der Waals surface area contributed by atoms with E-state index in [1.807, 2.05) is 43.3 Å². The van der Waals surface area contributed by atoms with E-state index in [0.717, 1.165) is 16.3 Å². The van der Waals surface area contributed by atoms with E-state index in [2.05, 4.69) is 9.97 Å². The highest BCUT2D eigenvalue weighted by Gasteiger charge is 2.27. The van der Waals surface area contributed by atoms with E-state index in [1.54, 1.807) is 11.3 Å². The topological polar surface area (TPSA) is 58.2 Å². The second kappa shape index (κ2) is 5.61. The molecule has 1 aliphatic heterocycles. The molecule has 3 heterocycles. The second-order valence-electron chi connectivity index (χ2n) is 5.52. The lowest BCUT2D eigenvalue weighted by Crippen LogP contribution is -2.48. The number of aromatic nitrogens is 2. The van der Waals surface area contributed by atoms with E-state index in [-0.39, 0.29) is 18.1 Å². The van der Waals surface area contributed by atoms with Crippen molar-refractivity contribution in [3.8, 4) is 11.3 Å². The van der Waals surface area contributed by atoms with E-state index >= 15 is 0 Å². The van der Waals surface area contributed by atoms with Crippen molar-refractivity contribution in [2.24, 2.45) is 0 Å². The van der Waals surface area contributed by atoms with Crippen molar-refractivity contribution in [2.45, 2.75) is 33.0 Å². The molecule has 112 valence electrons. The first-order valence-electron chi connectivity index (χ1n) is 7.08. The van der Waals surface area contributed by atoms with Gasteiger partial charge in [0.2, 0.25) is 0 Å². The molecule has 1 fully saturated rings. The van der Waals surface area contributed by atoms with Crippen LogP contribution in [0.5, 0.6) is 0 Å². The summed E-state index contributed by atoms with van der Waals surface area (Å²) in [5.41, 5.74) is 2.48. The van der Waals surface area contributed by atoms with E-state index in [4.69, 9.17) is 4.74 Å². The molecule has 2 atom stereocenters. The van der Waals surface area contributed by atoms with Crippen molar-refractivity contribution >= 4 is 17.2 Å². The standard InChI is InChI=1S/C15H19N3O2S/c1-9-6-18(7-10(2)20-9)15(19)13-4-12(5-16-13)14-8-21-11(3)17-14/h4-5,8-10,16H,6-7H2,1-3H3/t9-,10-/m1/s1. The van der Waals surface area contributed by atoms with Gasteiger partial charge in [-0.25, -0.2) is 4.98 Å². The van der Waals surface area contributed by atoms with Gasteiger partial charge >= 0.3 is 0 Å². The Morgan fingerprint density at radius 2 is 2.14 bits per heavy atom. The van der Waals surface area contributed by atoms with Crippen LogP contribution in [0.3, 0.4) is 0 Å². The maximum absolute atomic E-state index is 12.6. The van der Waals surface area contributed by atoms with Crippen LogP contribution in [0.15, 0.2) is 17.6 Å². The first-order chi connectivity index (χ1) is 10.0. The van der Waals surface area contributed by atoms with Crippen LogP contribution in [0, 0.1) is 6.92 Å². The number of thiazole rings is 1. The molecule has 0 saturated carbocycles. The number of aromatic amines is 1. The Morgan fingerprint density at radius 1 is 1.43 bits per heavy atom. The minimum Gasteiger partial charge on any atom is -0.372 e. The summed E-state index contributed by atoms with van der Waals surface area (Å²) < 4.78 is 5.67. The summed E-state index contributed by atoms with van der Waals surface area (Å²) in [5.74, 6) is 0.0233. The molecule has 1 aliphatic rings. The van der Waals surface area contributed by atoms with Gasteiger partial charge in [0.05, 0.1) is 22.9 Å². The van der Waals surface area contributed by atoms with E-state index in [1.165, 1.54) is 0 Å². The lowest BCUT2D eigenvalue weighted by molar-refractivity contribution is -0.0587. The maximum atomic E-state index is 12.6. The van der Waals surface area contributed by atoms with Crippen LogP contribution in [0.1, 0.15) is 29.3 Å². The van der Waals surface area contributed by atoms with Gasteiger partial charge in [-0.1, -0.05) is 0 Å². The molecule has 5 nitrogen and oxygen atoms in total. The normalized spacial score (nSPS) is 22.5. The van der Waals surface area contributed by atoms with Crippen LogP contribution in [0.4, 0.5) is 0 Å². The van der Waals surface area contributed by atoms with E-state index in [9.17, 15) is 4.79 Å². The van der Waals surface area contributed by atoms with Gasteiger partial charge in [0.15, 0.2) is 0 Å². The summed E-state index contributed by atoms with van der Waals surface area (Å²) in [4.78, 5) is 21.9. The number of nitrogens with one attached hydrogen (secondary N) is 1. The highest BCUT2D eigenvalue weighted by molar-refractivity contribution is 7.09. The molecular formula is C15H19N3O2S. The summed E-state index contributed by atoms with van der Waals surface area (Å²) in [6.45, 7) is 7.23. The van der Waals surface area contributed by atoms with Gasteiger partial charge in [-0.05, 0) is 26.8 Å². The number of carbonyl (C=O) groups is 1. The zero-order valence-corrected chi connectivity index (χ0v) is 13.2. The van der Waals surface area contributed by atoms with Gasteiger partial charge in [0, 0.05) is 30.2 Å². The Kier molecular flexibility index (Phi) is 3.82. The van der Waals surface area contributed by atoms with Gasteiger partial charge < -0.3 is 14.6 Å². The number of amides is 1. The van der Waals surface area contributed by atoms with Gasteiger partial charge in [-0.15, -0.1) is 11.3 Å². The smallest absolute Gasteiger partial charge is 0.270 e. The van der Waals surface area contributed by atoms with Gasteiger partial charge in [0.25, 0.3) is 5.91 Å². The molecule has 0 aromatic carbocycles. The third kappa shape index (κ3) is 3.01. The van der Waals surface area contributed by atoms with Gasteiger partial charge in [-0.3, -0.25) is 4.79 Å². The summed E-state index contributed by atoms with van der Waals surface area (Å²) >= 11 is 1.61. The zero-order valence-electron chi connectivity index (χ0n) is 12.4. The molecule has 0 spiro atoms. The number of hydrogen-bond donors (Lipinski definition) is 1. The number of H-pyrrole nitrogens is 1. The van der Waals surface area contributed by atoms with E-state index in [0.29, 0.717) is 18.8 Å². The lowest BCUT2D eigenvalue weighted by atomic mass is 10.2. The maximum Gasteiger partial charge on any atom is 0.270 e. The lowest BCUT2D eigenvalue weighted by Gasteiger charge is -2.35. The number of morpholine rings is 1. The third-order valence-corrected chi connectivity index (χ3v) is 4.31. The monoisotopic (exact) mass is 305 g/mol. The molecule has 0 bridgehead atoms. The minimum atomic E-state index is 0.0233. The fourth-order valence-electron chi connectivity index (χ4n) is 2.68. The van der Waals surface area contributed by atoms with Gasteiger partial charge in [-0.2, -0.15) is 0 Å². The SMILES string of the molecule is Cc1nc(-c2c[nH]c(C(=O)N3C[C@@H](C)O[C@H](C)C3)c2)cs1. The molecule has 1 saturated heterocycles. The van der Waals surface area contributed by atoms with Crippen LogP contribution in [0.2, 0.25) is 0 Å². The molecule has 2 aromatic rings. The number of rotatable bonds is 2. The Bertz CT molecular complexity index is 639. The molecule has 0 radical (unpaired) electrons. The largest absolute Gasteiger partial charge is 0.372 e. The second-order valence-corrected chi connectivity index (χ2v) is 6.58. The molecular weight excluding hydrogens is 286 g/mol. The molecule has 1 N–H and O–H groups in total. The molecule has 1 amide bonds. The van der Waals surface area contributed by atoms with Crippen LogP contribution >= 0.6 is 11.3 Å². The van der Waals surface area contributed by atoms with Crippen LogP contribution in [-0.2, 0) is 4.74 Å².